The first-order valence-electron chi connectivity index (χ1n) is 4.43. The van der Waals surface area contributed by atoms with Crippen molar-refractivity contribution in [2.45, 2.75) is 6.92 Å². The quantitative estimate of drug-likeness (QED) is 0.562. The van der Waals surface area contributed by atoms with Crippen LogP contribution in [-0.4, -0.2) is 18.3 Å². The highest BCUT2D eigenvalue weighted by Gasteiger charge is 2.24. The van der Waals surface area contributed by atoms with Crippen LogP contribution in [0.3, 0.4) is 0 Å². The van der Waals surface area contributed by atoms with Gasteiger partial charge in [-0.2, -0.15) is 0 Å². The summed E-state index contributed by atoms with van der Waals surface area (Å²) < 4.78 is 15.4. The number of ether oxygens (including phenoxy) is 3. The molecule has 0 aromatic heterocycles. The molecule has 0 fully saturated rings. The molecule has 1 heterocycles. The second-order valence-electron chi connectivity index (χ2n) is 2.87. The highest BCUT2D eigenvalue weighted by Crippen LogP contribution is 2.43. The van der Waals surface area contributed by atoms with Gasteiger partial charge in [-0.3, -0.25) is 10.1 Å². The lowest BCUT2D eigenvalue weighted by atomic mass is 10.2. The molecule has 0 bridgehead atoms. The molecule has 15 heavy (non-hydrogen) atoms. The summed E-state index contributed by atoms with van der Waals surface area (Å²) in [5.41, 5.74) is -0.0669. The molecule has 1 aliphatic heterocycles. The van der Waals surface area contributed by atoms with Crippen LogP contribution in [0.5, 0.6) is 17.2 Å². The van der Waals surface area contributed by atoms with Crippen LogP contribution in [0.4, 0.5) is 5.69 Å². The molecule has 0 N–H and O–H groups in total. The number of fused-ring (bicyclic) bond motifs is 1. The van der Waals surface area contributed by atoms with E-state index in [2.05, 4.69) is 0 Å². The molecule has 1 aromatic carbocycles. The number of nitro groups is 1. The molecule has 0 radical (unpaired) electrons. The van der Waals surface area contributed by atoms with E-state index in [0.29, 0.717) is 23.9 Å². The fraction of sp³-hybridized carbons (Fsp3) is 0.333. The number of nitro benzene ring substituents is 1. The van der Waals surface area contributed by atoms with Crippen molar-refractivity contribution < 1.29 is 19.1 Å². The van der Waals surface area contributed by atoms with Crippen molar-refractivity contribution in [3.8, 4) is 17.2 Å². The van der Waals surface area contributed by atoms with Crippen LogP contribution in [0.1, 0.15) is 6.92 Å². The van der Waals surface area contributed by atoms with Gasteiger partial charge in [-0.05, 0) is 6.92 Å². The van der Waals surface area contributed by atoms with E-state index >= 15 is 0 Å². The van der Waals surface area contributed by atoms with Gasteiger partial charge in [-0.15, -0.1) is 0 Å². The Morgan fingerprint density at radius 1 is 1.53 bits per heavy atom. The Morgan fingerprint density at radius 2 is 2.33 bits per heavy atom. The van der Waals surface area contributed by atoms with Gasteiger partial charge in [0.15, 0.2) is 11.5 Å². The zero-order valence-electron chi connectivity index (χ0n) is 8.06. The van der Waals surface area contributed by atoms with Gasteiger partial charge in [-0.1, -0.05) is 0 Å². The first kappa shape index (κ1) is 9.57. The van der Waals surface area contributed by atoms with Gasteiger partial charge in [0, 0.05) is 0 Å². The summed E-state index contributed by atoms with van der Waals surface area (Å²) in [5.74, 6) is 1.13. The third-order valence-corrected chi connectivity index (χ3v) is 1.93. The lowest BCUT2D eigenvalue weighted by molar-refractivity contribution is -0.385. The molecule has 0 atom stereocenters. The highest BCUT2D eigenvalue weighted by atomic mass is 16.7. The first-order chi connectivity index (χ1) is 7.22. The van der Waals surface area contributed by atoms with E-state index in [4.69, 9.17) is 14.2 Å². The Labute approximate surface area is 85.5 Å². The minimum Gasteiger partial charge on any atom is -0.490 e. The zero-order chi connectivity index (χ0) is 10.8. The smallest absolute Gasteiger partial charge is 0.277 e. The van der Waals surface area contributed by atoms with Gasteiger partial charge in [0.05, 0.1) is 23.7 Å². The summed E-state index contributed by atoms with van der Waals surface area (Å²) in [7, 11) is 0. The number of hydrogen-bond acceptors (Lipinski definition) is 5. The standard InChI is InChI=1S/C9H9NO5/c1-2-13-7-3-6(10(11)12)4-8-9(7)15-5-14-8/h3-4H,2,5H2,1H3. The molecular weight excluding hydrogens is 202 g/mol. The van der Waals surface area contributed by atoms with Crippen LogP contribution < -0.4 is 14.2 Å². The second-order valence-corrected chi connectivity index (χ2v) is 2.87. The summed E-state index contributed by atoms with van der Waals surface area (Å²) in [6, 6.07) is 2.65. The lowest BCUT2D eigenvalue weighted by Crippen LogP contribution is -1.96. The van der Waals surface area contributed by atoms with Crippen molar-refractivity contribution in [1.82, 2.24) is 0 Å². The van der Waals surface area contributed by atoms with E-state index in [1.54, 1.807) is 6.92 Å². The predicted molar refractivity (Wildman–Crippen MR) is 50.4 cm³/mol. The van der Waals surface area contributed by atoms with Crippen molar-refractivity contribution in [3.63, 3.8) is 0 Å². The minimum atomic E-state index is -0.496. The van der Waals surface area contributed by atoms with E-state index < -0.39 is 4.92 Å². The molecule has 1 aliphatic rings. The Bertz CT molecular complexity index is 404. The molecule has 0 unspecified atom stereocenters. The van der Waals surface area contributed by atoms with Crippen molar-refractivity contribution >= 4 is 5.69 Å². The zero-order valence-corrected chi connectivity index (χ0v) is 8.06. The van der Waals surface area contributed by atoms with Gasteiger partial charge in [-0.25, -0.2) is 0 Å². The molecule has 6 heteroatoms. The van der Waals surface area contributed by atoms with Gasteiger partial charge < -0.3 is 14.2 Å². The third kappa shape index (κ3) is 1.65. The van der Waals surface area contributed by atoms with E-state index in [1.807, 2.05) is 0 Å². The van der Waals surface area contributed by atoms with Crippen LogP contribution in [0, 0.1) is 10.1 Å². The molecule has 80 valence electrons. The Hall–Kier alpha value is -1.98. The SMILES string of the molecule is CCOc1cc([N+](=O)[O-])cc2c1OCO2. The molecule has 0 spiro atoms. The van der Waals surface area contributed by atoms with Crippen LogP contribution in [0.15, 0.2) is 12.1 Å². The fourth-order valence-electron chi connectivity index (χ4n) is 1.33. The van der Waals surface area contributed by atoms with E-state index in [-0.39, 0.29) is 12.5 Å². The summed E-state index contributed by atoms with van der Waals surface area (Å²) in [6.07, 6.45) is 0. The first-order valence-corrected chi connectivity index (χ1v) is 4.43. The summed E-state index contributed by atoms with van der Waals surface area (Å²) in [4.78, 5) is 10.1. The average Bonchev–Trinajstić information content (AvgIpc) is 2.65. The van der Waals surface area contributed by atoms with Crippen molar-refractivity contribution in [1.29, 1.82) is 0 Å². The summed E-state index contributed by atoms with van der Waals surface area (Å²) >= 11 is 0. The molecule has 6 nitrogen and oxygen atoms in total. The fourth-order valence-corrected chi connectivity index (χ4v) is 1.33. The van der Waals surface area contributed by atoms with E-state index in [9.17, 15) is 10.1 Å². The van der Waals surface area contributed by atoms with Gasteiger partial charge in [0.25, 0.3) is 5.69 Å². The van der Waals surface area contributed by atoms with Crippen molar-refractivity contribution in [3.05, 3.63) is 22.2 Å². The minimum absolute atomic E-state index is 0.0660. The normalized spacial score (nSPS) is 12.6. The Kier molecular flexibility index (Phi) is 2.32. The number of non-ortho nitro benzene ring substituents is 1. The number of nitrogens with zero attached hydrogens (tertiary/aromatic N) is 1. The van der Waals surface area contributed by atoms with E-state index in [1.165, 1.54) is 12.1 Å². The second kappa shape index (κ2) is 3.64. The van der Waals surface area contributed by atoms with Crippen LogP contribution in [0.2, 0.25) is 0 Å². The number of benzene rings is 1. The number of rotatable bonds is 3. The maximum absolute atomic E-state index is 10.6. The van der Waals surface area contributed by atoms with Crippen LogP contribution >= 0.6 is 0 Å². The van der Waals surface area contributed by atoms with Gasteiger partial charge in [0.2, 0.25) is 12.5 Å². The monoisotopic (exact) mass is 211 g/mol. The van der Waals surface area contributed by atoms with Crippen LogP contribution in [0.25, 0.3) is 0 Å². The lowest BCUT2D eigenvalue weighted by Gasteiger charge is -2.05. The Morgan fingerprint density at radius 3 is 3.00 bits per heavy atom. The number of hydrogen-bond donors (Lipinski definition) is 0. The predicted octanol–water partition coefficient (Wildman–Crippen LogP) is 1.72. The summed E-state index contributed by atoms with van der Waals surface area (Å²) in [5, 5.41) is 10.6. The molecule has 0 saturated carbocycles. The van der Waals surface area contributed by atoms with Crippen LogP contribution in [-0.2, 0) is 0 Å². The average molecular weight is 211 g/mol. The van der Waals surface area contributed by atoms with Crippen molar-refractivity contribution in [2.75, 3.05) is 13.4 Å². The molecule has 0 amide bonds. The molecule has 2 rings (SSSR count). The molecule has 0 aliphatic carbocycles. The third-order valence-electron chi connectivity index (χ3n) is 1.93. The maximum Gasteiger partial charge on any atom is 0.277 e. The van der Waals surface area contributed by atoms with Gasteiger partial charge in [0.1, 0.15) is 0 Å². The summed E-state index contributed by atoms with van der Waals surface area (Å²) in [6.45, 7) is 2.27. The van der Waals surface area contributed by atoms with Crippen molar-refractivity contribution in [2.24, 2.45) is 0 Å². The molecule has 1 aromatic rings. The molecule has 0 saturated heterocycles. The molecular formula is C9H9NO5. The highest BCUT2D eigenvalue weighted by molar-refractivity contribution is 5.59. The van der Waals surface area contributed by atoms with E-state index in [0.717, 1.165) is 0 Å². The maximum atomic E-state index is 10.6. The Balaban J connectivity index is 2.47. The largest absolute Gasteiger partial charge is 0.490 e. The topological polar surface area (TPSA) is 70.8 Å². The van der Waals surface area contributed by atoms with Gasteiger partial charge >= 0.3 is 0 Å².